The fraction of sp³-hybridized carbons (Fsp3) is 0.533. The van der Waals surface area contributed by atoms with Crippen molar-refractivity contribution in [2.45, 2.75) is 33.2 Å². The van der Waals surface area contributed by atoms with E-state index >= 15 is 0 Å². The number of rotatable bonds is 7. The molecule has 20 heavy (non-hydrogen) atoms. The molecule has 5 nitrogen and oxygen atoms in total. The first-order chi connectivity index (χ1) is 9.56. The van der Waals surface area contributed by atoms with Gasteiger partial charge in [0.05, 0.1) is 24.9 Å². The lowest BCUT2D eigenvalue weighted by molar-refractivity contribution is 0.214. The van der Waals surface area contributed by atoms with Gasteiger partial charge in [-0.25, -0.2) is 4.79 Å². The highest BCUT2D eigenvalue weighted by Gasteiger charge is 2.14. The van der Waals surface area contributed by atoms with Gasteiger partial charge in [-0.15, -0.1) is 0 Å². The quantitative estimate of drug-likeness (QED) is 0.719. The van der Waals surface area contributed by atoms with Crippen molar-refractivity contribution >= 4 is 11.7 Å². The molecule has 0 fully saturated rings. The van der Waals surface area contributed by atoms with Crippen LogP contribution in [0.25, 0.3) is 0 Å². The monoisotopic (exact) mass is 280 g/mol. The Hall–Kier alpha value is -1.75. The molecule has 1 aromatic rings. The second kappa shape index (κ2) is 8.43. The van der Waals surface area contributed by atoms with E-state index in [2.05, 4.69) is 10.6 Å². The number of ether oxygens (including phenoxy) is 1. The number of anilines is 1. The fourth-order valence-electron chi connectivity index (χ4n) is 1.94. The lowest BCUT2D eigenvalue weighted by atomic mass is 10.0. The summed E-state index contributed by atoms with van der Waals surface area (Å²) in [6.45, 7) is 6.45. The molecule has 1 unspecified atom stereocenters. The van der Waals surface area contributed by atoms with Crippen LogP contribution in [0, 0.1) is 5.92 Å². The topological polar surface area (TPSA) is 70.6 Å². The highest BCUT2D eigenvalue weighted by Crippen LogP contribution is 2.23. The first-order valence-electron chi connectivity index (χ1n) is 6.97. The molecule has 0 aromatic heterocycles. The van der Waals surface area contributed by atoms with E-state index in [1.54, 1.807) is 12.1 Å². The second-order valence-electron chi connectivity index (χ2n) is 5.04. The Morgan fingerprint density at radius 3 is 2.65 bits per heavy atom. The maximum absolute atomic E-state index is 11.9. The number of nitrogens with one attached hydrogen (secondary N) is 2. The lowest BCUT2D eigenvalue weighted by Gasteiger charge is -2.19. The molecule has 112 valence electrons. The summed E-state index contributed by atoms with van der Waals surface area (Å²) in [6.07, 6.45) is 0.733. The van der Waals surface area contributed by atoms with Crippen LogP contribution in [0.15, 0.2) is 24.3 Å². The van der Waals surface area contributed by atoms with Gasteiger partial charge in [0.15, 0.2) is 0 Å². The average molecular weight is 280 g/mol. The molecule has 0 aliphatic carbocycles. The zero-order valence-electron chi connectivity index (χ0n) is 12.3. The van der Waals surface area contributed by atoms with Crippen molar-refractivity contribution < 1.29 is 14.6 Å². The highest BCUT2D eigenvalue weighted by atomic mass is 16.5. The molecule has 2 amide bonds. The Balaban J connectivity index is 2.61. The fourth-order valence-corrected chi connectivity index (χ4v) is 1.94. The molecule has 0 aliphatic heterocycles. The third kappa shape index (κ3) is 5.48. The SMILES string of the molecule is CCOc1ccccc1NC(=O)NC(CO)CC(C)C. The summed E-state index contributed by atoms with van der Waals surface area (Å²) >= 11 is 0. The zero-order chi connectivity index (χ0) is 15.0. The Morgan fingerprint density at radius 1 is 1.35 bits per heavy atom. The van der Waals surface area contributed by atoms with Gasteiger partial charge in [0.1, 0.15) is 5.75 Å². The van der Waals surface area contributed by atoms with Gasteiger partial charge in [-0.05, 0) is 31.4 Å². The van der Waals surface area contributed by atoms with Gasteiger partial charge in [0.2, 0.25) is 0 Å². The first-order valence-corrected chi connectivity index (χ1v) is 6.97. The normalized spacial score (nSPS) is 12.1. The van der Waals surface area contributed by atoms with Crippen molar-refractivity contribution in [3.63, 3.8) is 0 Å². The number of aliphatic hydroxyl groups excluding tert-OH is 1. The Bertz CT molecular complexity index is 421. The molecule has 1 aromatic carbocycles. The van der Waals surface area contributed by atoms with E-state index < -0.39 is 0 Å². The van der Waals surface area contributed by atoms with E-state index in [1.807, 2.05) is 32.9 Å². The van der Waals surface area contributed by atoms with E-state index in [0.717, 1.165) is 6.42 Å². The lowest BCUT2D eigenvalue weighted by Crippen LogP contribution is -2.41. The molecule has 0 saturated heterocycles. The predicted octanol–water partition coefficient (Wildman–Crippen LogP) is 2.61. The van der Waals surface area contributed by atoms with Crippen LogP contribution in [-0.4, -0.2) is 30.4 Å². The first kappa shape index (κ1) is 16.3. The van der Waals surface area contributed by atoms with Crippen molar-refractivity contribution in [2.24, 2.45) is 5.92 Å². The number of para-hydroxylation sites is 2. The summed E-state index contributed by atoms with van der Waals surface area (Å²) in [5.41, 5.74) is 0.619. The van der Waals surface area contributed by atoms with Gasteiger partial charge in [0, 0.05) is 0 Å². The molecule has 0 radical (unpaired) electrons. The maximum atomic E-state index is 11.9. The molecule has 0 heterocycles. The third-order valence-corrected chi connectivity index (χ3v) is 2.75. The predicted molar refractivity (Wildman–Crippen MR) is 80.1 cm³/mol. The van der Waals surface area contributed by atoms with Gasteiger partial charge >= 0.3 is 6.03 Å². The van der Waals surface area contributed by atoms with Crippen LogP contribution in [-0.2, 0) is 0 Å². The molecule has 1 atom stereocenters. The van der Waals surface area contributed by atoms with Crippen molar-refractivity contribution in [1.82, 2.24) is 5.32 Å². The van der Waals surface area contributed by atoms with Crippen molar-refractivity contribution in [3.8, 4) is 5.75 Å². The standard InChI is InChI=1S/C15H24N2O3/c1-4-20-14-8-6-5-7-13(14)17-15(19)16-12(10-18)9-11(2)3/h5-8,11-12,18H,4,9-10H2,1-3H3,(H2,16,17,19). The van der Waals surface area contributed by atoms with Crippen LogP contribution in [0.5, 0.6) is 5.75 Å². The molecule has 3 N–H and O–H groups in total. The van der Waals surface area contributed by atoms with Crippen LogP contribution in [0.3, 0.4) is 0 Å². The Morgan fingerprint density at radius 2 is 2.05 bits per heavy atom. The van der Waals surface area contributed by atoms with Crippen LogP contribution in [0.4, 0.5) is 10.5 Å². The van der Waals surface area contributed by atoms with E-state index in [9.17, 15) is 9.90 Å². The molecule has 0 bridgehead atoms. The number of hydrogen-bond acceptors (Lipinski definition) is 3. The number of aliphatic hydroxyl groups is 1. The summed E-state index contributed by atoms with van der Waals surface area (Å²) in [4.78, 5) is 11.9. The van der Waals surface area contributed by atoms with E-state index in [0.29, 0.717) is 24.0 Å². The van der Waals surface area contributed by atoms with Gasteiger partial charge in [0.25, 0.3) is 0 Å². The molecular weight excluding hydrogens is 256 g/mol. The molecular formula is C15H24N2O3. The molecule has 0 spiro atoms. The summed E-state index contributed by atoms with van der Waals surface area (Å²) in [6, 6.07) is 6.68. The number of urea groups is 1. The van der Waals surface area contributed by atoms with Crippen molar-refractivity contribution in [3.05, 3.63) is 24.3 Å². The second-order valence-corrected chi connectivity index (χ2v) is 5.04. The van der Waals surface area contributed by atoms with Crippen LogP contribution >= 0.6 is 0 Å². The minimum absolute atomic E-state index is 0.0707. The van der Waals surface area contributed by atoms with Crippen LogP contribution in [0.1, 0.15) is 27.2 Å². The maximum Gasteiger partial charge on any atom is 0.319 e. The van der Waals surface area contributed by atoms with Gasteiger partial charge < -0.3 is 20.5 Å². The number of hydrogen-bond donors (Lipinski definition) is 3. The van der Waals surface area contributed by atoms with Crippen molar-refractivity contribution in [2.75, 3.05) is 18.5 Å². The number of benzene rings is 1. The summed E-state index contributed by atoms with van der Waals surface area (Å²) in [7, 11) is 0. The van der Waals surface area contributed by atoms with Crippen LogP contribution in [0.2, 0.25) is 0 Å². The van der Waals surface area contributed by atoms with E-state index in [-0.39, 0.29) is 18.7 Å². The largest absolute Gasteiger partial charge is 0.492 e. The summed E-state index contributed by atoms with van der Waals surface area (Å²) in [5, 5.41) is 14.8. The summed E-state index contributed by atoms with van der Waals surface area (Å²) < 4.78 is 5.44. The molecule has 0 saturated carbocycles. The van der Waals surface area contributed by atoms with E-state index in [1.165, 1.54) is 0 Å². The third-order valence-electron chi connectivity index (χ3n) is 2.75. The number of carbonyl (C=O) groups is 1. The smallest absolute Gasteiger partial charge is 0.319 e. The zero-order valence-corrected chi connectivity index (χ0v) is 12.3. The molecule has 5 heteroatoms. The number of carbonyl (C=O) groups excluding carboxylic acids is 1. The van der Waals surface area contributed by atoms with Crippen molar-refractivity contribution in [1.29, 1.82) is 0 Å². The minimum Gasteiger partial charge on any atom is -0.492 e. The number of amides is 2. The average Bonchev–Trinajstić information content (AvgIpc) is 2.40. The Labute approximate surface area is 120 Å². The summed E-state index contributed by atoms with van der Waals surface area (Å²) in [5.74, 6) is 1.04. The molecule has 0 aliphatic rings. The van der Waals surface area contributed by atoms with Gasteiger partial charge in [-0.2, -0.15) is 0 Å². The van der Waals surface area contributed by atoms with Gasteiger partial charge in [-0.1, -0.05) is 26.0 Å². The molecule has 1 rings (SSSR count). The minimum atomic E-state index is -0.336. The highest BCUT2D eigenvalue weighted by molar-refractivity contribution is 5.91. The Kier molecular flexibility index (Phi) is 6.87. The van der Waals surface area contributed by atoms with Crippen LogP contribution < -0.4 is 15.4 Å². The van der Waals surface area contributed by atoms with Gasteiger partial charge in [-0.3, -0.25) is 0 Å². The van der Waals surface area contributed by atoms with E-state index in [4.69, 9.17) is 4.74 Å².